The summed E-state index contributed by atoms with van der Waals surface area (Å²) in [7, 11) is 2.74. The molecule has 0 atom stereocenters. The highest BCUT2D eigenvalue weighted by Gasteiger charge is 2.26. The molecule has 9 heteroatoms. The number of Topliss-reactive ketones (excluding diaryl/α,β-unsaturated/α-hetero) is 1. The fourth-order valence-corrected chi connectivity index (χ4v) is 3.24. The van der Waals surface area contributed by atoms with Crippen LogP contribution in [0.5, 0.6) is 17.2 Å². The van der Waals surface area contributed by atoms with E-state index in [1.165, 1.54) is 25.6 Å². The van der Waals surface area contributed by atoms with E-state index in [-0.39, 0.29) is 28.7 Å². The van der Waals surface area contributed by atoms with E-state index in [1.54, 1.807) is 5.38 Å². The van der Waals surface area contributed by atoms with E-state index in [9.17, 15) is 14.7 Å². The molecule has 0 aliphatic heterocycles. The zero-order valence-corrected chi connectivity index (χ0v) is 15.7. The number of nitrogens with two attached hydrogens (primary N) is 1. The Morgan fingerprint density at radius 2 is 1.92 bits per heavy atom. The van der Waals surface area contributed by atoms with Gasteiger partial charge in [0.25, 0.3) is 5.91 Å². The molecule has 140 valence electrons. The maximum atomic E-state index is 11.6. The van der Waals surface area contributed by atoms with E-state index in [2.05, 4.69) is 9.97 Å². The number of ether oxygens (including phenoxy) is 2. The van der Waals surface area contributed by atoms with Crippen molar-refractivity contribution in [1.29, 1.82) is 0 Å². The summed E-state index contributed by atoms with van der Waals surface area (Å²) in [6.07, 6.45) is 2.44. The molecule has 0 spiro atoms. The van der Waals surface area contributed by atoms with Crippen LogP contribution in [-0.4, -0.2) is 41.0 Å². The molecule has 0 aliphatic rings. The number of hydrogen-bond acceptors (Lipinski definition) is 8. The molecular weight excluding hydrogens is 358 g/mol. The van der Waals surface area contributed by atoms with Crippen molar-refractivity contribution in [3.63, 3.8) is 0 Å². The molecule has 0 radical (unpaired) electrons. The number of aryl methyl sites for hydroxylation is 1. The fraction of sp³-hybridized carbons (Fsp3) is 0.412. The Labute approximate surface area is 155 Å². The summed E-state index contributed by atoms with van der Waals surface area (Å²) in [5.41, 5.74) is 5.69. The van der Waals surface area contributed by atoms with Gasteiger partial charge in [-0.2, -0.15) is 0 Å². The summed E-state index contributed by atoms with van der Waals surface area (Å²) in [6, 6.07) is 0. The molecular formula is C17H21N3O5S. The maximum absolute atomic E-state index is 11.6. The summed E-state index contributed by atoms with van der Waals surface area (Å²) >= 11 is 1.42. The molecule has 0 aromatic carbocycles. The minimum atomic E-state index is -0.891. The highest BCUT2D eigenvalue weighted by Crippen LogP contribution is 2.44. The molecule has 1 amide bonds. The SMILES string of the molecule is CCC(=O)CCCc1nc(-c2nc(C(N)=O)c(O)c(OC)c2OC)cs1. The summed E-state index contributed by atoms with van der Waals surface area (Å²) in [5, 5.41) is 12.7. The van der Waals surface area contributed by atoms with Crippen LogP contribution in [0.4, 0.5) is 0 Å². The number of methoxy groups -OCH3 is 2. The standard InChI is InChI=1S/C17H21N3O5S/c1-4-9(21)6-5-7-11-19-10(8-26-11)12-15(24-2)16(25-3)14(22)13(20-12)17(18)23/h8,22H,4-7H2,1-3H3,(H2,18,23). The van der Waals surface area contributed by atoms with Crippen molar-refractivity contribution in [2.75, 3.05) is 14.2 Å². The normalized spacial score (nSPS) is 10.6. The third kappa shape index (κ3) is 4.10. The van der Waals surface area contributed by atoms with Crippen molar-refractivity contribution in [3.8, 4) is 28.6 Å². The Balaban J connectivity index is 2.37. The van der Waals surface area contributed by atoms with Crippen LogP contribution in [0, 0.1) is 0 Å². The van der Waals surface area contributed by atoms with Crippen molar-refractivity contribution in [2.24, 2.45) is 5.73 Å². The van der Waals surface area contributed by atoms with Gasteiger partial charge in [0.1, 0.15) is 17.2 Å². The number of rotatable bonds is 9. The first-order chi connectivity index (χ1) is 12.4. The van der Waals surface area contributed by atoms with Crippen LogP contribution in [0.15, 0.2) is 5.38 Å². The topological polar surface area (TPSA) is 125 Å². The number of thiazole rings is 1. The van der Waals surface area contributed by atoms with Crippen molar-refractivity contribution in [1.82, 2.24) is 9.97 Å². The molecule has 0 saturated heterocycles. The zero-order valence-electron chi connectivity index (χ0n) is 14.9. The Hall–Kier alpha value is -2.68. The molecule has 2 aromatic heterocycles. The lowest BCUT2D eigenvalue weighted by Crippen LogP contribution is -2.15. The van der Waals surface area contributed by atoms with Gasteiger partial charge >= 0.3 is 0 Å². The maximum Gasteiger partial charge on any atom is 0.271 e. The summed E-state index contributed by atoms with van der Waals surface area (Å²) in [6.45, 7) is 1.84. The Morgan fingerprint density at radius 3 is 2.50 bits per heavy atom. The molecule has 0 bridgehead atoms. The number of carbonyl (C=O) groups is 2. The van der Waals surface area contributed by atoms with Gasteiger partial charge in [0.2, 0.25) is 5.75 Å². The number of nitrogens with zero attached hydrogens (tertiary/aromatic N) is 2. The molecule has 2 rings (SSSR count). The van der Waals surface area contributed by atoms with E-state index in [4.69, 9.17) is 15.2 Å². The third-order valence-corrected chi connectivity index (χ3v) is 4.67. The number of amides is 1. The molecule has 2 heterocycles. The van der Waals surface area contributed by atoms with Gasteiger partial charge in [0, 0.05) is 18.2 Å². The number of primary amides is 1. The lowest BCUT2D eigenvalue weighted by atomic mass is 10.1. The van der Waals surface area contributed by atoms with Crippen molar-refractivity contribution in [2.45, 2.75) is 32.6 Å². The predicted molar refractivity (Wildman–Crippen MR) is 96.9 cm³/mol. The van der Waals surface area contributed by atoms with Crippen LogP contribution in [0.1, 0.15) is 41.7 Å². The van der Waals surface area contributed by atoms with E-state index in [0.717, 1.165) is 11.4 Å². The highest BCUT2D eigenvalue weighted by atomic mass is 32.1. The van der Waals surface area contributed by atoms with E-state index in [1.807, 2.05) is 6.92 Å². The second-order valence-electron chi connectivity index (χ2n) is 5.46. The average molecular weight is 379 g/mol. The lowest BCUT2D eigenvalue weighted by Gasteiger charge is -2.14. The second kappa shape index (κ2) is 8.61. The number of hydrogen-bond donors (Lipinski definition) is 2. The first-order valence-corrected chi connectivity index (χ1v) is 8.92. The molecule has 3 N–H and O–H groups in total. The summed E-state index contributed by atoms with van der Waals surface area (Å²) in [5.74, 6) is -1.02. The van der Waals surface area contributed by atoms with Crippen molar-refractivity contribution < 1.29 is 24.2 Å². The number of ketones is 1. The minimum Gasteiger partial charge on any atom is -0.503 e. The number of aromatic hydroxyl groups is 1. The number of pyridine rings is 1. The zero-order chi connectivity index (χ0) is 19.3. The molecule has 2 aromatic rings. The Kier molecular flexibility index (Phi) is 6.51. The minimum absolute atomic E-state index is 0.0330. The number of aromatic nitrogens is 2. The van der Waals surface area contributed by atoms with E-state index >= 15 is 0 Å². The smallest absolute Gasteiger partial charge is 0.271 e. The van der Waals surface area contributed by atoms with Gasteiger partial charge in [-0.15, -0.1) is 11.3 Å². The number of carbonyl (C=O) groups excluding carboxylic acids is 2. The first kappa shape index (κ1) is 19.6. The second-order valence-corrected chi connectivity index (χ2v) is 6.40. The molecule has 0 saturated carbocycles. The molecule has 26 heavy (non-hydrogen) atoms. The Morgan fingerprint density at radius 1 is 1.23 bits per heavy atom. The third-order valence-electron chi connectivity index (χ3n) is 3.76. The fourth-order valence-electron chi connectivity index (χ4n) is 2.41. The van der Waals surface area contributed by atoms with Crippen LogP contribution in [0.3, 0.4) is 0 Å². The van der Waals surface area contributed by atoms with Gasteiger partial charge in [-0.25, -0.2) is 9.97 Å². The van der Waals surface area contributed by atoms with Gasteiger partial charge in [0.15, 0.2) is 17.2 Å². The van der Waals surface area contributed by atoms with Crippen molar-refractivity contribution in [3.05, 3.63) is 16.1 Å². The van der Waals surface area contributed by atoms with Gasteiger partial charge in [-0.05, 0) is 12.8 Å². The summed E-state index contributed by atoms with van der Waals surface area (Å²) < 4.78 is 10.4. The van der Waals surface area contributed by atoms with Crippen molar-refractivity contribution >= 4 is 23.0 Å². The highest BCUT2D eigenvalue weighted by molar-refractivity contribution is 7.09. The Bertz CT molecular complexity index is 819. The van der Waals surface area contributed by atoms with Gasteiger partial charge in [-0.3, -0.25) is 9.59 Å². The van der Waals surface area contributed by atoms with E-state index in [0.29, 0.717) is 25.0 Å². The molecule has 8 nitrogen and oxygen atoms in total. The summed E-state index contributed by atoms with van der Waals surface area (Å²) in [4.78, 5) is 31.6. The van der Waals surface area contributed by atoms with Crippen LogP contribution in [0.25, 0.3) is 11.4 Å². The predicted octanol–water partition coefficient (Wildman–Crippen LogP) is 2.33. The van der Waals surface area contributed by atoms with Gasteiger partial charge in [0.05, 0.1) is 19.2 Å². The van der Waals surface area contributed by atoms with Gasteiger partial charge < -0.3 is 20.3 Å². The molecule has 0 fully saturated rings. The van der Waals surface area contributed by atoms with E-state index < -0.39 is 11.7 Å². The monoisotopic (exact) mass is 379 g/mol. The first-order valence-electron chi connectivity index (χ1n) is 8.04. The average Bonchev–Trinajstić information content (AvgIpc) is 3.09. The van der Waals surface area contributed by atoms with Crippen LogP contribution in [0.2, 0.25) is 0 Å². The van der Waals surface area contributed by atoms with Crippen LogP contribution < -0.4 is 15.2 Å². The largest absolute Gasteiger partial charge is 0.503 e. The quantitative estimate of drug-likeness (QED) is 0.685. The lowest BCUT2D eigenvalue weighted by molar-refractivity contribution is -0.118. The molecule has 0 unspecified atom stereocenters. The van der Waals surface area contributed by atoms with Crippen LogP contribution in [-0.2, 0) is 11.2 Å². The van der Waals surface area contributed by atoms with Gasteiger partial charge in [-0.1, -0.05) is 6.92 Å². The molecule has 0 aliphatic carbocycles. The van der Waals surface area contributed by atoms with Crippen LogP contribution >= 0.6 is 11.3 Å².